The van der Waals surface area contributed by atoms with E-state index in [4.69, 9.17) is 5.11 Å². The van der Waals surface area contributed by atoms with Gasteiger partial charge in [-0.05, 0) is 0 Å². The van der Waals surface area contributed by atoms with Crippen molar-refractivity contribution in [3.8, 4) is 0 Å². The van der Waals surface area contributed by atoms with Crippen LogP contribution < -0.4 is 10.2 Å². The Morgan fingerprint density at radius 2 is 1.41 bits per heavy atom. The summed E-state index contributed by atoms with van der Waals surface area (Å²) >= 11 is 0. The van der Waals surface area contributed by atoms with Gasteiger partial charge in [0.2, 0.25) is 11.8 Å². The largest absolute Gasteiger partial charge is 0.549 e. The maximum absolute atomic E-state index is 11.7. The number of piperazine rings is 1. The van der Waals surface area contributed by atoms with E-state index in [0.29, 0.717) is 0 Å². The summed E-state index contributed by atoms with van der Waals surface area (Å²) in [7, 11) is 1.39. The second-order valence-electron chi connectivity index (χ2n) is 6.18. The van der Waals surface area contributed by atoms with Crippen molar-refractivity contribution in [1.82, 2.24) is 19.6 Å². The van der Waals surface area contributed by atoms with Gasteiger partial charge in [0.1, 0.15) is 0 Å². The van der Waals surface area contributed by atoms with E-state index < -0.39 is 31.0 Å². The predicted octanol–water partition coefficient (Wildman–Crippen LogP) is -5.52. The van der Waals surface area contributed by atoms with Crippen molar-refractivity contribution in [1.29, 1.82) is 0 Å². The van der Waals surface area contributed by atoms with Gasteiger partial charge >= 0.3 is 5.97 Å². The number of nitrogens with zero attached hydrogens (tertiary/aromatic N) is 4. The Morgan fingerprint density at radius 1 is 0.926 bits per heavy atom. The van der Waals surface area contributed by atoms with Crippen LogP contribution in [-0.4, -0.2) is 120 Å². The van der Waals surface area contributed by atoms with Crippen LogP contribution >= 0.6 is 0 Å². The number of hydrogen-bond acceptors (Lipinski definition) is 10. The van der Waals surface area contributed by atoms with E-state index in [1.807, 2.05) is 0 Å². The molecule has 1 fully saturated rings. The molecule has 2 amide bonds. The Morgan fingerprint density at radius 3 is 1.85 bits per heavy atom. The van der Waals surface area contributed by atoms with E-state index in [1.54, 1.807) is 4.90 Å². The maximum atomic E-state index is 11.7. The molecule has 12 nitrogen and oxygen atoms in total. The molecule has 1 saturated heterocycles. The lowest BCUT2D eigenvalue weighted by atomic mass is 10.3. The first kappa shape index (κ1) is 22.5. The fourth-order valence-corrected chi connectivity index (χ4v) is 2.55. The van der Waals surface area contributed by atoms with Crippen LogP contribution in [0.2, 0.25) is 0 Å². The van der Waals surface area contributed by atoms with E-state index in [1.165, 1.54) is 11.9 Å². The van der Waals surface area contributed by atoms with Crippen LogP contribution in [0.5, 0.6) is 0 Å². The van der Waals surface area contributed by atoms with Crippen LogP contribution in [-0.2, 0) is 24.0 Å². The molecule has 0 radical (unpaired) electrons. The molecule has 27 heavy (non-hydrogen) atoms. The number of aliphatic carboxylic acids is 3. The first-order chi connectivity index (χ1) is 12.6. The lowest BCUT2D eigenvalue weighted by molar-refractivity contribution is -0.310. The van der Waals surface area contributed by atoms with Gasteiger partial charge in [-0.1, -0.05) is 0 Å². The zero-order valence-corrected chi connectivity index (χ0v) is 15.0. The van der Waals surface area contributed by atoms with Crippen LogP contribution in [0.4, 0.5) is 0 Å². The standard InChI is InChI=1S/C15H24N4O8/c1-16-11(20)6-18(7-12(16)21)4-2-17(8-13(22)23)3-5-19(9-14(24)25)10-15(26)27/h2-10H2,1H3,(H,22,23)(H,24,25)(H,26,27)/p-2. The van der Waals surface area contributed by atoms with Gasteiger partial charge in [0.15, 0.2) is 0 Å². The van der Waals surface area contributed by atoms with Crippen LogP contribution in [0.25, 0.3) is 0 Å². The molecule has 0 atom stereocenters. The molecule has 0 aromatic rings. The van der Waals surface area contributed by atoms with E-state index in [0.717, 1.165) is 9.80 Å². The summed E-state index contributed by atoms with van der Waals surface area (Å²) in [5.74, 6) is -4.76. The highest BCUT2D eigenvalue weighted by atomic mass is 16.4. The van der Waals surface area contributed by atoms with Crippen LogP contribution in [0.15, 0.2) is 0 Å². The van der Waals surface area contributed by atoms with Gasteiger partial charge < -0.3 is 24.9 Å². The van der Waals surface area contributed by atoms with Gasteiger partial charge in [0, 0.05) is 46.3 Å². The zero-order chi connectivity index (χ0) is 20.6. The fraction of sp³-hybridized carbons (Fsp3) is 0.667. The molecule has 1 N–H and O–H groups in total. The van der Waals surface area contributed by atoms with E-state index in [-0.39, 0.29) is 57.6 Å². The molecule has 0 aliphatic carbocycles. The highest BCUT2D eigenvalue weighted by Gasteiger charge is 2.28. The van der Waals surface area contributed by atoms with Gasteiger partial charge in [-0.25, -0.2) is 0 Å². The first-order valence-corrected chi connectivity index (χ1v) is 8.16. The number of amides is 2. The molecule has 1 aliphatic heterocycles. The number of imide groups is 1. The average molecular weight is 386 g/mol. The Labute approximate surface area is 155 Å². The number of carboxylic acid groups (broad SMARTS) is 3. The molecule has 1 rings (SSSR count). The molecule has 0 saturated carbocycles. The quantitative estimate of drug-likeness (QED) is 0.318. The summed E-state index contributed by atoms with van der Waals surface area (Å²) in [5.41, 5.74) is 0. The summed E-state index contributed by atoms with van der Waals surface area (Å²) in [6.07, 6.45) is 0. The fourth-order valence-electron chi connectivity index (χ4n) is 2.55. The van der Waals surface area contributed by atoms with Gasteiger partial charge in [0.25, 0.3) is 0 Å². The molecular weight excluding hydrogens is 364 g/mol. The number of carbonyl (C=O) groups is 5. The number of hydrogen-bond donors (Lipinski definition) is 1. The second-order valence-corrected chi connectivity index (χ2v) is 6.18. The third-order valence-electron chi connectivity index (χ3n) is 4.00. The Balaban J connectivity index is 2.60. The lowest BCUT2D eigenvalue weighted by Crippen LogP contribution is -2.54. The van der Waals surface area contributed by atoms with Crippen LogP contribution in [0, 0.1) is 0 Å². The lowest BCUT2D eigenvalue weighted by Gasteiger charge is -2.32. The molecule has 1 heterocycles. The number of carbonyl (C=O) groups excluding carboxylic acids is 4. The second kappa shape index (κ2) is 10.5. The van der Waals surface area contributed by atoms with E-state index in [2.05, 4.69) is 0 Å². The summed E-state index contributed by atoms with van der Waals surface area (Å²) < 4.78 is 0. The molecule has 12 heteroatoms. The third-order valence-corrected chi connectivity index (χ3v) is 4.00. The predicted molar refractivity (Wildman–Crippen MR) is 84.7 cm³/mol. The molecule has 0 bridgehead atoms. The Bertz CT molecular complexity index is 562. The first-order valence-electron chi connectivity index (χ1n) is 8.16. The SMILES string of the molecule is CN1C(=O)CN(CCN(CCN(CC(=O)[O-])CC(=O)[O-])CC(=O)O)CC1=O. The highest BCUT2D eigenvalue weighted by Crippen LogP contribution is 2.03. The Hall–Kier alpha value is -2.57. The van der Waals surface area contributed by atoms with Crippen molar-refractivity contribution in [2.75, 3.05) is 66.0 Å². The minimum absolute atomic E-state index is 0.0319. The monoisotopic (exact) mass is 386 g/mol. The van der Waals surface area contributed by atoms with Crippen LogP contribution in [0.1, 0.15) is 0 Å². The normalized spacial score (nSPS) is 15.6. The van der Waals surface area contributed by atoms with Crippen molar-refractivity contribution < 1.29 is 39.3 Å². The minimum atomic E-state index is -1.46. The molecule has 1 aliphatic rings. The van der Waals surface area contributed by atoms with Crippen molar-refractivity contribution in [2.24, 2.45) is 0 Å². The summed E-state index contributed by atoms with van der Waals surface area (Å²) in [5, 5.41) is 30.4. The van der Waals surface area contributed by atoms with Crippen molar-refractivity contribution >= 4 is 29.7 Å². The summed E-state index contributed by atoms with van der Waals surface area (Å²) in [6.45, 7) is -1.07. The van der Waals surface area contributed by atoms with E-state index in [9.17, 15) is 34.2 Å². The van der Waals surface area contributed by atoms with Gasteiger partial charge in [0.05, 0.1) is 31.6 Å². The zero-order valence-electron chi connectivity index (χ0n) is 15.0. The molecule has 0 unspecified atom stereocenters. The number of rotatable bonds is 12. The number of carboxylic acids is 3. The van der Waals surface area contributed by atoms with Crippen molar-refractivity contribution in [2.45, 2.75) is 0 Å². The van der Waals surface area contributed by atoms with Gasteiger partial charge in [-0.2, -0.15) is 0 Å². The molecule has 152 valence electrons. The summed E-state index contributed by atoms with van der Waals surface area (Å²) in [6, 6.07) is 0. The minimum Gasteiger partial charge on any atom is -0.549 e. The summed E-state index contributed by atoms with van der Waals surface area (Å²) in [4.78, 5) is 60.9. The highest BCUT2D eigenvalue weighted by molar-refractivity contribution is 5.99. The average Bonchev–Trinajstić information content (AvgIpc) is 2.53. The van der Waals surface area contributed by atoms with Gasteiger partial charge in [-0.15, -0.1) is 0 Å². The molecule has 0 spiro atoms. The maximum Gasteiger partial charge on any atom is 0.317 e. The molecule has 0 aromatic heterocycles. The number of likely N-dealkylation sites (N-methyl/N-ethyl adjacent to an activating group) is 1. The van der Waals surface area contributed by atoms with Crippen molar-refractivity contribution in [3.63, 3.8) is 0 Å². The molecular formula is C15H22N4O8-2. The van der Waals surface area contributed by atoms with E-state index >= 15 is 0 Å². The smallest absolute Gasteiger partial charge is 0.317 e. The van der Waals surface area contributed by atoms with Crippen LogP contribution in [0.3, 0.4) is 0 Å². The third kappa shape index (κ3) is 8.57. The topological polar surface area (TPSA) is 165 Å². The molecule has 0 aromatic carbocycles. The van der Waals surface area contributed by atoms with Crippen molar-refractivity contribution in [3.05, 3.63) is 0 Å². The Kier molecular flexibility index (Phi) is 8.78. The van der Waals surface area contributed by atoms with Gasteiger partial charge in [-0.3, -0.25) is 34.0 Å².